The second-order valence-electron chi connectivity index (χ2n) is 2.72. The first-order valence-corrected chi connectivity index (χ1v) is 4.44. The topological polar surface area (TPSA) is 26.3 Å². The van der Waals surface area contributed by atoms with Gasteiger partial charge in [0.2, 0.25) is 0 Å². The summed E-state index contributed by atoms with van der Waals surface area (Å²) in [5.74, 6) is -0.997. The van der Waals surface area contributed by atoms with E-state index in [4.69, 9.17) is 0 Å². The molecule has 0 saturated carbocycles. The van der Waals surface area contributed by atoms with Crippen LogP contribution in [0.25, 0.3) is 5.57 Å². The highest BCUT2D eigenvalue weighted by molar-refractivity contribution is 6.16. The highest BCUT2D eigenvalue weighted by Crippen LogP contribution is 2.21. The van der Waals surface area contributed by atoms with E-state index in [2.05, 4.69) is 4.74 Å². The largest absolute Gasteiger partial charge is 0.462 e. The van der Waals surface area contributed by atoms with Crippen LogP contribution in [0, 0.1) is 0 Å². The molecule has 1 aromatic carbocycles. The Labute approximate surface area is 86.2 Å². The Morgan fingerprint density at radius 1 is 1.27 bits per heavy atom. The summed E-state index contributed by atoms with van der Waals surface area (Å²) < 4.78 is 29.6. The highest BCUT2D eigenvalue weighted by Gasteiger charge is 2.19. The predicted molar refractivity (Wildman–Crippen MR) is 52.2 cm³/mol. The zero-order valence-electron chi connectivity index (χ0n) is 8.17. The Hall–Kier alpha value is -1.71. The molecule has 80 valence electrons. The first kappa shape index (κ1) is 11.4. The van der Waals surface area contributed by atoms with Gasteiger partial charge < -0.3 is 4.74 Å². The normalized spacial score (nSPS) is 9.53. The summed E-state index contributed by atoms with van der Waals surface area (Å²) in [6.07, 6.45) is -2.03. The molecule has 0 aliphatic carbocycles. The highest BCUT2D eigenvalue weighted by atomic mass is 19.3. The second-order valence-corrected chi connectivity index (χ2v) is 2.72. The van der Waals surface area contributed by atoms with Gasteiger partial charge in [0.25, 0.3) is 6.08 Å². The summed E-state index contributed by atoms with van der Waals surface area (Å²) in [5, 5.41) is 0. The van der Waals surface area contributed by atoms with E-state index in [1.54, 1.807) is 25.1 Å². The van der Waals surface area contributed by atoms with Gasteiger partial charge in [0.15, 0.2) is 0 Å². The third-order valence-electron chi connectivity index (χ3n) is 1.73. The van der Waals surface area contributed by atoms with Gasteiger partial charge in [-0.3, -0.25) is 0 Å². The molecule has 0 N–H and O–H groups in total. The SMILES string of the molecule is CCOC(=O)C(=C(F)F)c1ccccc1. The molecule has 0 aromatic heterocycles. The molecular formula is C11H10F2O2. The molecule has 0 saturated heterocycles. The zero-order chi connectivity index (χ0) is 11.3. The van der Waals surface area contributed by atoms with Crippen molar-refractivity contribution in [3.63, 3.8) is 0 Å². The fourth-order valence-electron chi connectivity index (χ4n) is 1.11. The number of halogens is 2. The van der Waals surface area contributed by atoms with Crippen molar-refractivity contribution in [3.8, 4) is 0 Å². The molecule has 2 nitrogen and oxygen atoms in total. The number of carbonyl (C=O) groups is 1. The Balaban J connectivity index is 3.06. The first-order valence-electron chi connectivity index (χ1n) is 4.44. The summed E-state index contributed by atoms with van der Waals surface area (Å²) in [5.41, 5.74) is -0.506. The Kier molecular flexibility index (Phi) is 3.97. The average Bonchev–Trinajstić information content (AvgIpc) is 2.19. The van der Waals surface area contributed by atoms with E-state index in [9.17, 15) is 13.6 Å². The van der Waals surface area contributed by atoms with Crippen LogP contribution >= 0.6 is 0 Å². The lowest BCUT2D eigenvalue weighted by Crippen LogP contribution is -2.07. The summed E-state index contributed by atoms with van der Waals surface area (Å²) >= 11 is 0. The summed E-state index contributed by atoms with van der Waals surface area (Å²) in [7, 11) is 0. The third-order valence-corrected chi connectivity index (χ3v) is 1.73. The van der Waals surface area contributed by atoms with Crippen molar-refractivity contribution in [3.05, 3.63) is 42.0 Å². The maximum Gasteiger partial charge on any atom is 0.344 e. The van der Waals surface area contributed by atoms with E-state index in [-0.39, 0.29) is 12.2 Å². The van der Waals surface area contributed by atoms with E-state index in [1.165, 1.54) is 12.1 Å². The number of carbonyl (C=O) groups excluding carboxylic acids is 1. The lowest BCUT2D eigenvalue weighted by atomic mass is 10.1. The standard InChI is InChI=1S/C11H10F2O2/c1-2-15-11(14)9(10(12)13)8-6-4-3-5-7-8/h3-7H,2H2,1H3. The van der Waals surface area contributed by atoms with Gasteiger partial charge in [-0.2, -0.15) is 8.78 Å². The molecule has 0 unspecified atom stereocenters. The van der Waals surface area contributed by atoms with Crippen LogP contribution < -0.4 is 0 Å². The molecule has 0 fully saturated rings. The van der Waals surface area contributed by atoms with Gasteiger partial charge in [-0.25, -0.2) is 4.79 Å². The number of esters is 1. The molecule has 0 amide bonds. The molecule has 0 aliphatic heterocycles. The van der Waals surface area contributed by atoms with Crippen molar-refractivity contribution in [1.29, 1.82) is 0 Å². The van der Waals surface area contributed by atoms with Crippen molar-refractivity contribution >= 4 is 11.5 Å². The molecular weight excluding hydrogens is 202 g/mol. The maximum absolute atomic E-state index is 12.5. The van der Waals surface area contributed by atoms with Gasteiger partial charge in [-0.1, -0.05) is 30.3 Å². The van der Waals surface area contributed by atoms with Crippen LogP contribution in [0.5, 0.6) is 0 Å². The van der Waals surface area contributed by atoms with Crippen molar-refractivity contribution in [2.45, 2.75) is 6.92 Å². The van der Waals surface area contributed by atoms with E-state index in [1.807, 2.05) is 0 Å². The van der Waals surface area contributed by atoms with Crippen LogP contribution in [-0.4, -0.2) is 12.6 Å². The first-order chi connectivity index (χ1) is 7.16. The molecule has 0 aliphatic rings. The van der Waals surface area contributed by atoms with E-state index >= 15 is 0 Å². The van der Waals surface area contributed by atoms with Gasteiger partial charge >= 0.3 is 5.97 Å². The average molecular weight is 212 g/mol. The van der Waals surface area contributed by atoms with E-state index < -0.39 is 17.6 Å². The summed E-state index contributed by atoms with van der Waals surface area (Å²) in [6.45, 7) is 1.64. The summed E-state index contributed by atoms with van der Waals surface area (Å²) in [4.78, 5) is 11.2. The minimum atomic E-state index is -2.03. The lowest BCUT2D eigenvalue weighted by Gasteiger charge is -2.05. The van der Waals surface area contributed by atoms with Crippen LogP contribution in [0.1, 0.15) is 12.5 Å². The van der Waals surface area contributed by atoms with Gasteiger partial charge in [0.05, 0.1) is 6.61 Å². The number of hydrogen-bond donors (Lipinski definition) is 0. The van der Waals surface area contributed by atoms with Crippen molar-refractivity contribution in [1.82, 2.24) is 0 Å². The predicted octanol–water partition coefficient (Wildman–Crippen LogP) is 2.86. The third kappa shape index (κ3) is 2.87. The smallest absolute Gasteiger partial charge is 0.344 e. The van der Waals surface area contributed by atoms with Gasteiger partial charge in [0, 0.05) is 0 Å². The fourth-order valence-corrected chi connectivity index (χ4v) is 1.11. The molecule has 15 heavy (non-hydrogen) atoms. The number of hydrogen-bond acceptors (Lipinski definition) is 2. The quantitative estimate of drug-likeness (QED) is 0.568. The van der Waals surface area contributed by atoms with Crippen molar-refractivity contribution < 1.29 is 18.3 Å². The van der Waals surface area contributed by atoms with Gasteiger partial charge in [-0.15, -0.1) is 0 Å². The molecule has 4 heteroatoms. The molecule has 0 heterocycles. The molecule has 0 radical (unpaired) electrons. The Morgan fingerprint density at radius 3 is 2.33 bits per heavy atom. The van der Waals surface area contributed by atoms with Crippen LogP contribution in [0.2, 0.25) is 0 Å². The fraction of sp³-hybridized carbons (Fsp3) is 0.182. The molecule has 1 rings (SSSR count). The number of rotatable bonds is 3. The molecule has 0 bridgehead atoms. The van der Waals surface area contributed by atoms with E-state index in [0.717, 1.165) is 0 Å². The second kappa shape index (κ2) is 5.24. The van der Waals surface area contributed by atoms with Crippen molar-refractivity contribution in [2.24, 2.45) is 0 Å². The minimum absolute atomic E-state index is 0.0719. The molecule has 0 atom stereocenters. The number of benzene rings is 1. The zero-order valence-corrected chi connectivity index (χ0v) is 8.17. The number of ether oxygens (including phenoxy) is 1. The van der Waals surface area contributed by atoms with Gasteiger partial charge in [-0.05, 0) is 12.5 Å². The monoisotopic (exact) mass is 212 g/mol. The van der Waals surface area contributed by atoms with Crippen LogP contribution in [0.4, 0.5) is 8.78 Å². The Bertz CT molecular complexity index is 367. The van der Waals surface area contributed by atoms with Crippen LogP contribution in [0.3, 0.4) is 0 Å². The van der Waals surface area contributed by atoms with E-state index in [0.29, 0.717) is 0 Å². The summed E-state index contributed by atoms with van der Waals surface area (Å²) in [6, 6.07) is 7.72. The Morgan fingerprint density at radius 2 is 1.87 bits per heavy atom. The molecule has 0 spiro atoms. The maximum atomic E-state index is 12.5. The lowest BCUT2D eigenvalue weighted by molar-refractivity contribution is -0.136. The molecule has 1 aromatic rings. The minimum Gasteiger partial charge on any atom is -0.462 e. The van der Waals surface area contributed by atoms with Gasteiger partial charge in [0.1, 0.15) is 5.57 Å². The van der Waals surface area contributed by atoms with Crippen LogP contribution in [0.15, 0.2) is 36.4 Å². The van der Waals surface area contributed by atoms with Crippen molar-refractivity contribution in [2.75, 3.05) is 6.61 Å². The van der Waals surface area contributed by atoms with Crippen LogP contribution in [-0.2, 0) is 9.53 Å².